The highest BCUT2D eigenvalue weighted by molar-refractivity contribution is 5.54. The van der Waals surface area contributed by atoms with E-state index in [4.69, 9.17) is 5.26 Å². The molecule has 0 spiro atoms. The Morgan fingerprint density at radius 3 is 3.25 bits per heavy atom. The fourth-order valence-corrected chi connectivity index (χ4v) is 1.21. The van der Waals surface area contributed by atoms with Crippen molar-refractivity contribution in [1.29, 1.82) is 5.26 Å². The second-order valence-corrected chi connectivity index (χ2v) is 2.54. The summed E-state index contributed by atoms with van der Waals surface area (Å²) in [6, 6.07) is 7.92. The van der Waals surface area contributed by atoms with Crippen LogP contribution in [0.15, 0.2) is 30.6 Å². The highest BCUT2D eigenvalue weighted by Gasteiger charge is 2.00. The molecule has 0 atom stereocenters. The number of fused-ring (bicyclic) bond motifs is 1. The van der Waals surface area contributed by atoms with Crippen molar-refractivity contribution in [3.05, 3.63) is 36.2 Å². The average Bonchev–Trinajstić information content (AvgIpc) is 2.50. The van der Waals surface area contributed by atoms with Crippen LogP contribution in [0.4, 0.5) is 0 Å². The SMILES string of the molecule is N#CCc1cnn2ccccc12. The van der Waals surface area contributed by atoms with Crippen molar-refractivity contribution in [3.8, 4) is 6.07 Å². The molecule has 0 saturated heterocycles. The van der Waals surface area contributed by atoms with E-state index in [-0.39, 0.29) is 0 Å². The average molecular weight is 157 g/mol. The van der Waals surface area contributed by atoms with Gasteiger partial charge in [-0.25, -0.2) is 4.52 Å². The van der Waals surface area contributed by atoms with Crippen LogP contribution in [-0.4, -0.2) is 9.61 Å². The van der Waals surface area contributed by atoms with Gasteiger partial charge in [0.25, 0.3) is 0 Å². The maximum absolute atomic E-state index is 8.51. The fraction of sp³-hybridized carbons (Fsp3) is 0.111. The quantitative estimate of drug-likeness (QED) is 0.627. The Balaban J connectivity index is 2.64. The van der Waals surface area contributed by atoms with Crippen LogP contribution in [0.3, 0.4) is 0 Å². The maximum atomic E-state index is 8.51. The molecule has 2 aromatic rings. The zero-order valence-electron chi connectivity index (χ0n) is 6.44. The molecule has 12 heavy (non-hydrogen) atoms. The first-order chi connectivity index (χ1) is 5.92. The van der Waals surface area contributed by atoms with Crippen molar-refractivity contribution in [3.63, 3.8) is 0 Å². The van der Waals surface area contributed by atoms with E-state index in [2.05, 4.69) is 11.2 Å². The summed E-state index contributed by atoms with van der Waals surface area (Å²) in [5.74, 6) is 0. The van der Waals surface area contributed by atoms with Crippen LogP contribution < -0.4 is 0 Å². The number of nitriles is 1. The first-order valence-corrected chi connectivity index (χ1v) is 3.70. The smallest absolute Gasteiger partial charge is 0.0704 e. The van der Waals surface area contributed by atoms with Gasteiger partial charge >= 0.3 is 0 Å². The van der Waals surface area contributed by atoms with Crippen molar-refractivity contribution in [2.75, 3.05) is 0 Å². The van der Waals surface area contributed by atoms with Crippen molar-refractivity contribution in [2.24, 2.45) is 0 Å². The molecule has 3 heteroatoms. The van der Waals surface area contributed by atoms with E-state index in [0.717, 1.165) is 11.1 Å². The summed E-state index contributed by atoms with van der Waals surface area (Å²) in [5.41, 5.74) is 2.00. The molecule has 0 aliphatic rings. The molecule has 58 valence electrons. The monoisotopic (exact) mass is 157 g/mol. The van der Waals surface area contributed by atoms with Crippen LogP contribution in [0.2, 0.25) is 0 Å². The van der Waals surface area contributed by atoms with Gasteiger partial charge in [0.15, 0.2) is 0 Å². The van der Waals surface area contributed by atoms with E-state index in [1.54, 1.807) is 10.7 Å². The van der Waals surface area contributed by atoms with Crippen LogP contribution >= 0.6 is 0 Å². The third-order valence-electron chi connectivity index (χ3n) is 1.78. The molecule has 0 fully saturated rings. The predicted octanol–water partition coefficient (Wildman–Crippen LogP) is 1.40. The number of hydrogen-bond donors (Lipinski definition) is 0. The Labute approximate surface area is 69.9 Å². The molecule has 0 amide bonds. The molecule has 3 nitrogen and oxygen atoms in total. The van der Waals surface area contributed by atoms with E-state index < -0.39 is 0 Å². The third kappa shape index (κ3) is 0.940. The normalized spacial score (nSPS) is 9.92. The molecule has 0 aliphatic heterocycles. The Morgan fingerprint density at radius 2 is 2.42 bits per heavy atom. The molecule has 2 rings (SSSR count). The van der Waals surface area contributed by atoms with Crippen molar-refractivity contribution < 1.29 is 0 Å². The van der Waals surface area contributed by atoms with Gasteiger partial charge in [-0.15, -0.1) is 0 Å². The van der Waals surface area contributed by atoms with Crippen LogP contribution in [-0.2, 0) is 6.42 Å². The lowest BCUT2D eigenvalue weighted by Gasteiger charge is -1.91. The van der Waals surface area contributed by atoms with Gasteiger partial charge in [0, 0.05) is 11.8 Å². The van der Waals surface area contributed by atoms with Crippen molar-refractivity contribution in [2.45, 2.75) is 6.42 Å². The van der Waals surface area contributed by atoms with Crippen LogP contribution in [0.5, 0.6) is 0 Å². The second-order valence-electron chi connectivity index (χ2n) is 2.54. The fourth-order valence-electron chi connectivity index (χ4n) is 1.21. The van der Waals surface area contributed by atoms with Gasteiger partial charge in [-0.3, -0.25) is 0 Å². The molecule has 0 aliphatic carbocycles. The Kier molecular flexibility index (Phi) is 1.52. The first-order valence-electron chi connectivity index (χ1n) is 3.70. The van der Waals surface area contributed by atoms with Gasteiger partial charge in [0.05, 0.1) is 24.2 Å². The van der Waals surface area contributed by atoms with E-state index in [1.807, 2.05) is 24.4 Å². The summed E-state index contributed by atoms with van der Waals surface area (Å²) in [5, 5.41) is 12.6. The lowest BCUT2D eigenvalue weighted by Crippen LogP contribution is -1.84. The van der Waals surface area contributed by atoms with Crippen molar-refractivity contribution in [1.82, 2.24) is 9.61 Å². The lowest BCUT2D eigenvalue weighted by molar-refractivity contribution is 0.961. The van der Waals surface area contributed by atoms with Gasteiger partial charge in [-0.1, -0.05) is 6.07 Å². The van der Waals surface area contributed by atoms with Gasteiger partial charge in [-0.2, -0.15) is 10.4 Å². The zero-order chi connectivity index (χ0) is 8.39. The van der Waals surface area contributed by atoms with Crippen LogP contribution in [0.25, 0.3) is 5.52 Å². The van der Waals surface area contributed by atoms with E-state index in [0.29, 0.717) is 6.42 Å². The number of hydrogen-bond acceptors (Lipinski definition) is 2. The molecule has 0 bridgehead atoms. The lowest BCUT2D eigenvalue weighted by atomic mass is 10.2. The van der Waals surface area contributed by atoms with Crippen LogP contribution in [0, 0.1) is 11.3 Å². The maximum Gasteiger partial charge on any atom is 0.0704 e. The highest BCUT2D eigenvalue weighted by atomic mass is 15.2. The summed E-state index contributed by atoms with van der Waals surface area (Å²) in [4.78, 5) is 0. The molecule has 0 N–H and O–H groups in total. The van der Waals surface area contributed by atoms with Gasteiger partial charge in [0.2, 0.25) is 0 Å². The van der Waals surface area contributed by atoms with Crippen LogP contribution in [0.1, 0.15) is 5.56 Å². The van der Waals surface area contributed by atoms with Gasteiger partial charge in [0.1, 0.15) is 0 Å². The molecular formula is C9H7N3. The number of pyridine rings is 1. The molecule has 0 saturated carbocycles. The molecular weight excluding hydrogens is 150 g/mol. The summed E-state index contributed by atoms with van der Waals surface area (Å²) < 4.78 is 1.77. The van der Waals surface area contributed by atoms with E-state index >= 15 is 0 Å². The van der Waals surface area contributed by atoms with E-state index in [9.17, 15) is 0 Å². The Morgan fingerprint density at radius 1 is 1.50 bits per heavy atom. The third-order valence-corrected chi connectivity index (χ3v) is 1.78. The summed E-state index contributed by atoms with van der Waals surface area (Å²) in [7, 11) is 0. The molecule has 2 aromatic heterocycles. The Bertz CT molecular complexity index is 436. The summed E-state index contributed by atoms with van der Waals surface area (Å²) in [6.07, 6.45) is 4.03. The minimum absolute atomic E-state index is 0.424. The molecule has 0 radical (unpaired) electrons. The minimum atomic E-state index is 0.424. The number of rotatable bonds is 1. The highest BCUT2D eigenvalue weighted by Crippen LogP contribution is 2.09. The summed E-state index contributed by atoms with van der Waals surface area (Å²) in [6.45, 7) is 0. The second kappa shape index (κ2) is 2.67. The van der Waals surface area contributed by atoms with Gasteiger partial charge < -0.3 is 0 Å². The molecule has 0 aromatic carbocycles. The summed E-state index contributed by atoms with van der Waals surface area (Å²) >= 11 is 0. The molecule has 0 unspecified atom stereocenters. The largest absolute Gasteiger partial charge is 0.241 e. The standard InChI is InChI=1S/C9H7N3/c10-5-4-8-7-11-12-6-2-1-3-9(8)12/h1-3,6-7H,4H2. The van der Waals surface area contributed by atoms with E-state index in [1.165, 1.54) is 0 Å². The molecule has 2 heterocycles. The predicted molar refractivity (Wildman–Crippen MR) is 44.5 cm³/mol. The number of aromatic nitrogens is 2. The topological polar surface area (TPSA) is 41.1 Å². The zero-order valence-corrected chi connectivity index (χ0v) is 6.44. The minimum Gasteiger partial charge on any atom is -0.241 e. The van der Waals surface area contributed by atoms with Crippen molar-refractivity contribution >= 4 is 5.52 Å². The Hall–Kier alpha value is -1.82. The number of nitrogens with zero attached hydrogens (tertiary/aromatic N) is 3. The first kappa shape index (κ1) is 6.86. The van der Waals surface area contributed by atoms with Gasteiger partial charge in [-0.05, 0) is 12.1 Å².